The summed E-state index contributed by atoms with van der Waals surface area (Å²) in [6, 6.07) is 14.7. The summed E-state index contributed by atoms with van der Waals surface area (Å²) in [5, 5.41) is 0.700. The lowest BCUT2D eigenvalue weighted by Crippen LogP contribution is -2.36. The summed E-state index contributed by atoms with van der Waals surface area (Å²) in [7, 11) is 1.74. The van der Waals surface area contributed by atoms with Gasteiger partial charge >= 0.3 is 0 Å². The first-order valence-electron chi connectivity index (χ1n) is 11.7. The molecule has 0 bridgehead atoms. The van der Waals surface area contributed by atoms with Crippen LogP contribution in [-0.2, 0) is 9.53 Å². The van der Waals surface area contributed by atoms with Crippen molar-refractivity contribution in [1.82, 2.24) is 9.47 Å². The molecular formula is C27H26ClFN4O2S. The maximum absolute atomic E-state index is 13.7. The number of anilines is 1. The first kappa shape index (κ1) is 24.6. The molecule has 0 saturated carbocycles. The Balaban J connectivity index is 1.39. The van der Waals surface area contributed by atoms with E-state index in [4.69, 9.17) is 21.3 Å². The SMILES string of the molecule is Cc1cc(/C=C2\SC(=Nc3ccc(N4CCOCC4)cc3)N(C)C2=O)c(C)n1-c1ccc(F)c(Cl)c1. The van der Waals surface area contributed by atoms with E-state index >= 15 is 0 Å². The van der Waals surface area contributed by atoms with Crippen molar-refractivity contribution in [3.8, 4) is 5.69 Å². The van der Waals surface area contributed by atoms with Crippen LogP contribution < -0.4 is 4.90 Å². The Kier molecular flexibility index (Phi) is 6.92. The number of carbonyl (C=O) groups is 1. The van der Waals surface area contributed by atoms with E-state index in [1.807, 2.05) is 42.7 Å². The average molecular weight is 525 g/mol. The van der Waals surface area contributed by atoms with Gasteiger partial charge in [-0.05, 0) is 85.8 Å². The number of amidine groups is 1. The number of carbonyl (C=O) groups excluding carboxylic acids is 1. The summed E-state index contributed by atoms with van der Waals surface area (Å²) < 4.78 is 21.1. The van der Waals surface area contributed by atoms with Crippen LogP contribution in [0.5, 0.6) is 0 Å². The van der Waals surface area contributed by atoms with Gasteiger partial charge in [0.2, 0.25) is 0 Å². The molecule has 0 unspecified atom stereocenters. The zero-order valence-corrected chi connectivity index (χ0v) is 21.9. The van der Waals surface area contributed by atoms with E-state index in [0.717, 1.165) is 60.3 Å². The number of aliphatic imine (C=N–C) groups is 1. The third-order valence-corrected chi connectivity index (χ3v) is 7.72. The van der Waals surface area contributed by atoms with Crippen molar-refractivity contribution in [3.63, 3.8) is 0 Å². The van der Waals surface area contributed by atoms with E-state index in [1.54, 1.807) is 24.1 Å². The molecule has 2 aromatic carbocycles. The molecule has 3 heterocycles. The predicted molar refractivity (Wildman–Crippen MR) is 145 cm³/mol. The Morgan fingerprint density at radius 1 is 1.06 bits per heavy atom. The fraction of sp³-hybridized carbons (Fsp3) is 0.259. The van der Waals surface area contributed by atoms with Crippen molar-refractivity contribution >= 4 is 51.9 Å². The molecule has 5 rings (SSSR count). The second-order valence-electron chi connectivity index (χ2n) is 8.75. The molecule has 0 aliphatic carbocycles. The van der Waals surface area contributed by atoms with Crippen LogP contribution in [0, 0.1) is 19.7 Å². The normalized spacial score (nSPS) is 18.6. The molecule has 1 amide bonds. The van der Waals surface area contributed by atoms with Crippen LogP contribution >= 0.6 is 23.4 Å². The van der Waals surface area contributed by atoms with Gasteiger partial charge in [-0.1, -0.05) is 11.6 Å². The molecule has 9 heteroatoms. The highest BCUT2D eigenvalue weighted by Crippen LogP contribution is 2.35. The highest BCUT2D eigenvalue weighted by molar-refractivity contribution is 8.18. The number of rotatable bonds is 4. The Morgan fingerprint density at radius 3 is 2.44 bits per heavy atom. The van der Waals surface area contributed by atoms with Crippen LogP contribution in [0.1, 0.15) is 17.0 Å². The molecule has 186 valence electrons. The van der Waals surface area contributed by atoms with Crippen molar-refractivity contribution in [2.75, 3.05) is 38.3 Å². The molecule has 1 aromatic heterocycles. The van der Waals surface area contributed by atoms with Crippen LogP contribution in [0.2, 0.25) is 5.02 Å². The number of morpholine rings is 1. The van der Waals surface area contributed by atoms with E-state index in [-0.39, 0.29) is 10.9 Å². The maximum atomic E-state index is 13.7. The number of hydrogen-bond acceptors (Lipinski definition) is 5. The number of halogens is 2. The van der Waals surface area contributed by atoms with Crippen molar-refractivity contribution in [1.29, 1.82) is 0 Å². The minimum absolute atomic E-state index is 0.0712. The van der Waals surface area contributed by atoms with Crippen LogP contribution in [0.15, 0.2) is 58.4 Å². The molecule has 2 fully saturated rings. The molecule has 3 aromatic rings. The number of thioether (sulfide) groups is 1. The number of aromatic nitrogens is 1. The lowest BCUT2D eigenvalue weighted by atomic mass is 10.2. The van der Waals surface area contributed by atoms with Gasteiger partial charge in [0.05, 0.1) is 28.8 Å². The zero-order chi connectivity index (χ0) is 25.4. The summed E-state index contributed by atoms with van der Waals surface area (Å²) >= 11 is 7.36. The number of nitrogens with zero attached hydrogens (tertiary/aromatic N) is 4. The van der Waals surface area contributed by atoms with Crippen LogP contribution in [-0.4, -0.2) is 53.9 Å². The fourth-order valence-electron chi connectivity index (χ4n) is 4.42. The predicted octanol–water partition coefficient (Wildman–Crippen LogP) is 5.96. The van der Waals surface area contributed by atoms with Crippen LogP contribution in [0.4, 0.5) is 15.8 Å². The summed E-state index contributed by atoms with van der Waals surface area (Å²) in [5.41, 5.74) is 5.51. The third kappa shape index (κ3) is 4.81. The molecule has 2 saturated heterocycles. The van der Waals surface area contributed by atoms with E-state index in [0.29, 0.717) is 10.1 Å². The van der Waals surface area contributed by atoms with Gasteiger partial charge in [-0.15, -0.1) is 0 Å². The van der Waals surface area contributed by atoms with Gasteiger partial charge < -0.3 is 14.2 Å². The van der Waals surface area contributed by atoms with Gasteiger partial charge in [0, 0.05) is 42.9 Å². The third-order valence-electron chi connectivity index (χ3n) is 6.37. The highest BCUT2D eigenvalue weighted by Gasteiger charge is 2.31. The second-order valence-corrected chi connectivity index (χ2v) is 10.2. The van der Waals surface area contributed by atoms with E-state index in [2.05, 4.69) is 17.0 Å². The molecule has 2 aliphatic heterocycles. The number of benzene rings is 2. The first-order valence-corrected chi connectivity index (χ1v) is 12.8. The van der Waals surface area contributed by atoms with Gasteiger partial charge in [-0.2, -0.15) is 0 Å². The zero-order valence-electron chi connectivity index (χ0n) is 20.3. The molecule has 0 radical (unpaired) electrons. The lowest BCUT2D eigenvalue weighted by molar-refractivity contribution is -0.121. The Bertz CT molecular complexity index is 1380. The monoisotopic (exact) mass is 524 g/mol. The quantitative estimate of drug-likeness (QED) is 0.395. The van der Waals surface area contributed by atoms with Gasteiger partial charge in [0.15, 0.2) is 5.17 Å². The molecule has 0 atom stereocenters. The molecule has 0 N–H and O–H groups in total. The number of hydrogen-bond donors (Lipinski definition) is 0. The topological polar surface area (TPSA) is 50.1 Å². The molecule has 0 spiro atoms. The van der Waals surface area contributed by atoms with E-state index in [1.165, 1.54) is 17.8 Å². The Hall–Kier alpha value is -3.07. The average Bonchev–Trinajstić information content (AvgIpc) is 3.31. The number of ether oxygens (including phenoxy) is 1. The van der Waals surface area contributed by atoms with Crippen molar-refractivity contribution < 1.29 is 13.9 Å². The summed E-state index contributed by atoms with van der Waals surface area (Å²) in [4.78, 5) is 22.2. The van der Waals surface area contributed by atoms with Crippen LogP contribution in [0.3, 0.4) is 0 Å². The lowest BCUT2D eigenvalue weighted by Gasteiger charge is -2.28. The van der Waals surface area contributed by atoms with Crippen molar-refractivity contribution in [2.45, 2.75) is 13.8 Å². The summed E-state index contributed by atoms with van der Waals surface area (Å²) in [6.45, 7) is 7.17. The second kappa shape index (κ2) is 10.1. The van der Waals surface area contributed by atoms with Gasteiger partial charge in [-0.25, -0.2) is 9.38 Å². The summed E-state index contributed by atoms with van der Waals surface area (Å²) in [5.74, 6) is -0.554. The summed E-state index contributed by atoms with van der Waals surface area (Å²) in [6.07, 6.45) is 1.89. The van der Waals surface area contributed by atoms with Crippen molar-refractivity contribution in [3.05, 3.63) is 81.2 Å². The van der Waals surface area contributed by atoms with E-state index in [9.17, 15) is 9.18 Å². The molecular weight excluding hydrogens is 499 g/mol. The molecule has 36 heavy (non-hydrogen) atoms. The molecule has 6 nitrogen and oxygen atoms in total. The Labute approximate surface area is 219 Å². The smallest absolute Gasteiger partial charge is 0.266 e. The minimum atomic E-state index is -0.455. The Morgan fingerprint density at radius 2 is 1.75 bits per heavy atom. The number of aryl methyl sites for hydroxylation is 1. The van der Waals surface area contributed by atoms with E-state index < -0.39 is 5.82 Å². The number of amides is 1. The fourth-order valence-corrected chi connectivity index (χ4v) is 5.57. The maximum Gasteiger partial charge on any atom is 0.266 e. The molecule has 2 aliphatic rings. The largest absolute Gasteiger partial charge is 0.378 e. The van der Waals surface area contributed by atoms with Crippen molar-refractivity contribution in [2.24, 2.45) is 4.99 Å². The van der Waals surface area contributed by atoms with Crippen LogP contribution in [0.25, 0.3) is 11.8 Å². The van der Waals surface area contributed by atoms with Gasteiger partial charge in [0.1, 0.15) is 5.82 Å². The highest BCUT2D eigenvalue weighted by atomic mass is 35.5. The van der Waals surface area contributed by atoms with Gasteiger partial charge in [0.25, 0.3) is 5.91 Å². The van der Waals surface area contributed by atoms with Gasteiger partial charge in [-0.3, -0.25) is 9.69 Å². The first-order chi connectivity index (χ1) is 17.3. The standard InChI is InChI=1S/C27H26ClFN4O2S/c1-17-14-19(18(2)33(17)22-8-9-24(29)23(28)16-22)15-25-26(34)31(3)27(36-25)30-20-4-6-21(7-5-20)32-10-12-35-13-11-32/h4-9,14-16H,10-13H2,1-3H3/b25-15-,30-27?. The minimum Gasteiger partial charge on any atom is -0.378 e. The number of likely N-dealkylation sites (N-methyl/N-ethyl adjacent to an activating group) is 1.